The van der Waals surface area contributed by atoms with Gasteiger partial charge in [-0.05, 0) is 30.0 Å². The normalized spacial score (nSPS) is 12.0. The molecule has 1 N–H and O–H groups in total. The van der Waals surface area contributed by atoms with E-state index in [1.54, 1.807) is 31.2 Å². The van der Waals surface area contributed by atoms with E-state index in [2.05, 4.69) is 5.32 Å². The third-order valence-electron chi connectivity index (χ3n) is 3.99. The Morgan fingerprint density at radius 1 is 1.15 bits per heavy atom. The molecule has 3 aromatic rings. The molecule has 0 radical (unpaired) electrons. The molecule has 1 amide bonds. The lowest BCUT2D eigenvalue weighted by Gasteiger charge is -2.17. The van der Waals surface area contributed by atoms with Gasteiger partial charge >= 0.3 is 5.63 Å². The molecular formula is C19H16NO6-. The average Bonchev–Trinajstić information content (AvgIpc) is 2.64. The number of carbonyl (C=O) groups excluding carboxylic acids is 2. The first-order valence-corrected chi connectivity index (χ1v) is 8.08. The lowest BCUT2D eigenvalue weighted by molar-refractivity contribution is -0.308. The number of benzene rings is 2. The molecule has 0 fully saturated rings. The largest absolute Gasteiger partial charge is 0.548 e. The van der Waals surface area contributed by atoms with Crippen molar-refractivity contribution in [3.8, 4) is 5.75 Å². The van der Waals surface area contributed by atoms with Gasteiger partial charge in [0.25, 0.3) is 5.91 Å². The van der Waals surface area contributed by atoms with Crippen LogP contribution in [-0.2, 0) is 9.59 Å². The van der Waals surface area contributed by atoms with Gasteiger partial charge < -0.3 is 24.4 Å². The fourth-order valence-corrected chi connectivity index (χ4v) is 2.66. The molecule has 26 heavy (non-hydrogen) atoms. The molecule has 1 heterocycles. The maximum atomic E-state index is 12.1. The van der Waals surface area contributed by atoms with Crippen LogP contribution in [0.2, 0.25) is 0 Å². The fourth-order valence-electron chi connectivity index (χ4n) is 2.66. The molecule has 0 aliphatic carbocycles. The Morgan fingerprint density at radius 2 is 1.88 bits per heavy atom. The second kappa shape index (κ2) is 7.26. The van der Waals surface area contributed by atoms with Crippen LogP contribution in [0.25, 0.3) is 21.7 Å². The van der Waals surface area contributed by atoms with Gasteiger partial charge in [-0.2, -0.15) is 0 Å². The van der Waals surface area contributed by atoms with Crippen LogP contribution in [0.3, 0.4) is 0 Å². The molecule has 0 bridgehead atoms. The molecule has 0 saturated carbocycles. The van der Waals surface area contributed by atoms with E-state index in [0.717, 1.165) is 10.8 Å². The minimum atomic E-state index is -1.35. The highest BCUT2D eigenvalue weighted by atomic mass is 16.5. The Bertz CT molecular complexity index is 1040. The SMILES string of the molecule is CC[C@H](NC(=O)COc1ccc2c(c1)oc(=O)c1ccccc12)C(=O)[O-]. The van der Waals surface area contributed by atoms with Crippen molar-refractivity contribution >= 4 is 33.6 Å². The smallest absolute Gasteiger partial charge is 0.344 e. The van der Waals surface area contributed by atoms with Crippen LogP contribution >= 0.6 is 0 Å². The molecule has 134 valence electrons. The van der Waals surface area contributed by atoms with Crippen LogP contribution in [0.5, 0.6) is 5.75 Å². The molecule has 0 spiro atoms. The van der Waals surface area contributed by atoms with E-state index in [1.807, 2.05) is 12.1 Å². The van der Waals surface area contributed by atoms with E-state index in [4.69, 9.17) is 9.15 Å². The number of nitrogens with one attached hydrogen (secondary N) is 1. The molecule has 2 aromatic carbocycles. The minimum absolute atomic E-state index is 0.211. The number of ether oxygens (including phenoxy) is 1. The van der Waals surface area contributed by atoms with Gasteiger partial charge in [0.1, 0.15) is 11.3 Å². The third-order valence-corrected chi connectivity index (χ3v) is 3.99. The zero-order valence-electron chi connectivity index (χ0n) is 14.0. The molecule has 0 aliphatic rings. The van der Waals surface area contributed by atoms with Crippen LogP contribution in [0.15, 0.2) is 51.7 Å². The van der Waals surface area contributed by atoms with Gasteiger partial charge in [0, 0.05) is 11.5 Å². The monoisotopic (exact) mass is 354 g/mol. The Kier molecular flexibility index (Phi) is 4.88. The Morgan fingerprint density at radius 3 is 2.58 bits per heavy atom. The van der Waals surface area contributed by atoms with Gasteiger partial charge in [0.05, 0.1) is 17.4 Å². The van der Waals surface area contributed by atoms with E-state index < -0.39 is 23.5 Å². The zero-order valence-corrected chi connectivity index (χ0v) is 14.0. The van der Waals surface area contributed by atoms with Crippen molar-refractivity contribution in [2.45, 2.75) is 19.4 Å². The van der Waals surface area contributed by atoms with Crippen molar-refractivity contribution in [2.75, 3.05) is 6.61 Å². The highest BCUT2D eigenvalue weighted by molar-refractivity contribution is 6.04. The average molecular weight is 354 g/mol. The minimum Gasteiger partial charge on any atom is -0.548 e. The van der Waals surface area contributed by atoms with Gasteiger partial charge in [0.15, 0.2) is 6.61 Å². The van der Waals surface area contributed by atoms with Gasteiger partial charge in [-0.15, -0.1) is 0 Å². The predicted molar refractivity (Wildman–Crippen MR) is 92.7 cm³/mol. The van der Waals surface area contributed by atoms with Gasteiger partial charge in [-0.1, -0.05) is 25.1 Å². The number of rotatable bonds is 6. The number of hydrogen-bond acceptors (Lipinski definition) is 6. The number of carboxylic acid groups (broad SMARTS) is 1. The maximum Gasteiger partial charge on any atom is 0.344 e. The Labute approximate surface area is 148 Å². The molecule has 1 atom stereocenters. The Balaban J connectivity index is 1.79. The summed E-state index contributed by atoms with van der Waals surface area (Å²) in [5.41, 5.74) is -0.115. The summed E-state index contributed by atoms with van der Waals surface area (Å²) in [6, 6.07) is 11.0. The van der Waals surface area contributed by atoms with Crippen LogP contribution in [0.1, 0.15) is 13.3 Å². The first-order valence-electron chi connectivity index (χ1n) is 8.08. The van der Waals surface area contributed by atoms with Gasteiger partial charge in [-0.25, -0.2) is 4.79 Å². The Hall–Kier alpha value is -3.35. The first kappa shape index (κ1) is 17.5. The summed E-state index contributed by atoms with van der Waals surface area (Å²) < 4.78 is 10.7. The number of carboxylic acids is 1. The summed E-state index contributed by atoms with van der Waals surface area (Å²) in [5.74, 6) is -1.60. The van der Waals surface area contributed by atoms with Crippen LogP contribution in [-0.4, -0.2) is 24.5 Å². The van der Waals surface area contributed by atoms with Crippen LogP contribution in [0.4, 0.5) is 0 Å². The van der Waals surface area contributed by atoms with Crippen LogP contribution < -0.4 is 20.8 Å². The highest BCUT2D eigenvalue weighted by Gasteiger charge is 2.12. The molecule has 3 rings (SSSR count). The predicted octanol–water partition coefficient (Wildman–Crippen LogP) is 0.970. The second-order valence-corrected chi connectivity index (χ2v) is 5.73. The standard InChI is InChI=1S/C19H17NO6/c1-2-15(18(22)23)20-17(21)10-25-11-7-8-13-12-5-3-4-6-14(12)19(24)26-16(13)9-11/h3-9,15H,2,10H2,1H3,(H,20,21)(H,22,23)/p-1/t15-/m0/s1. The molecule has 7 heteroatoms. The molecule has 0 aliphatic heterocycles. The fraction of sp³-hybridized carbons (Fsp3) is 0.211. The highest BCUT2D eigenvalue weighted by Crippen LogP contribution is 2.26. The van der Waals surface area contributed by atoms with Crippen molar-refractivity contribution < 1.29 is 23.8 Å². The van der Waals surface area contributed by atoms with E-state index in [-0.39, 0.29) is 13.0 Å². The van der Waals surface area contributed by atoms with Crippen molar-refractivity contribution in [2.24, 2.45) is 0 Å². The van der Waals surface area contributed by atoms with E-state index in [1.165, 1.54) is 6.07 Å². The maximum absolute atomic E-state index is 12.1. The van der Waals surface area contributed by atoms with Crippen LogP contribution in [0, 0.1) is 0 Å². The van der Waals surface area contributed by atoms with E-state index >= 15 is 0 Å². The molecule has 0 saturated heterocycles. The number of fused-ring (bicyclic) bond motifs is 3. The summed E-state index contributed by atoms with van der Waals surface area (Å²) in [6.45, 7) is 1.25. The molecular weight excluding hydrogens is 338 g/mol. The van der Waals surface area contributed by atoms with Crippen molar-refractivity contribution in [1.29, 1.82) is 0 Å². The molecule has 1 aromatic heterocycles. The second-order valence-electron chi connectivity index (χ2n) is 5.73. The third kappa shape index (κ3) is 3.51. The summed E-state index contributed by atoms with van der Waals surface area (Å²) in [7, 11) is 0. The number of hydrogen-bond donors (Lipinski definition) is 1. The van der Waals surface area contributed by atoms with E-state index in [0.29, 0.717) is 16.7 Å². The summed E-state index contributed by atoms with van der Waals surface area (Å²) in [4.78, 5) is 34.7. The summed E-state index contributed by atoms with van der Waals surface area (Å²) in [5, 5.41) is 15.1. The number of aliphatic carboxylic acids is 1. The van der Waals surface area contributed by atoms with Crippen molar-refractivity contribution in [3.05, 3.63) is 52.9 Å². The van der Waals surface area contributed by atoms with E-state index in [9.17, 15) is 19.5 Å². The summed E-state index contributed by atoms with van der Waals surface area (Å²) in [6.07, 6.45) is 0.211. The lowest BCUT2D eigenvalue weighted by Crippen LogP contribution is -2.48. The van der Waals surface area contributed by atoms with Crippen molar-refractivity contribution in [1.82, 2.24) is 5.32 Å². The lowest BCUT2D eigenvalue weighted by atomic mass is 10.1. The first-order chi connectivity index (χ1) is 12.5. The zero-order chi connectivity index (χ0) is 18.7. The topological polar surface area (TPSA) is 109 Å². The summed E-state index contributed by atoms with van der Waals surface area (Å²) >= 11 is 0. The van der Waals surface area contributed by atoms with Crippen molar-refractivity contribution in [3.63, 3.8) is 0 Å². The number of carbonyl (C=O) groups is 2. The number of amides is 1. The quantitative estimate of drug-likeness (QED) is 0.522. The van der Waals surface area contributed by atoms with Gasteiger partial charge in [-0.3, -0.25) is 4.79 Å². The molecule has 0 unspecified atom stereocenters. The molecule has 7 nitrogen and oxygen atoms in total. The van der Waals surface area contributed by atoms with Gasteiger partial charge in [0.2, 0.25) is 0 Å².